The van der Waals surface area contributed by atoms with E-state index in [-0.39, 0.29) is 23.5 Å². The topological polar surface area (TPSA) is 40.5 Å². The normalized spacial score (nSPS) is 46.6. The van der Waals surface area contributed by atoms with Gasteiger partial charge in [0.1, 0.15) is 0 Å². The van der Waals surface area contributed by atoms with Crippen LogP contribution in [0.1, 0.15) is 38.5 Å². The minimum atomic E-state index is -0.215. The molecule has 3 heteroatoms. The van der Waals surface area contributed by atoms with Crippen molar-refractivity contribution < 1.29 is 9.90 Å². The first-order chi connectivity index (χ1) is 6.71. The van der Waals surface area contributed by atoms with Crippen LogP contribution in [0.3, 0.4) is 0 Å². The molecule has 1 amide bonds. The Labute approximate surface area is 84.1 Å². The van der Waals surface area contributed by atoms with Gasteiger partial charge in [-0.3, -0.25) is 4.79 Å². The fourth-order valence-electron chi connectivity index (χ4n) is 3.72. The van der Waals surface area contributed by atoms with Crippen molar-refractivity contribution in [1.29, 1.82) is 0 Å². The van der Waals surface area contributed by atoms with Crippen molar-refractivity contribution in [2.45, 2.75) is 50.2 Å². The summed E-state index contributed by atoms with van der Waals surface area (Å²) in [6.45, 7) is 0.960. The van der Waals surface area contributed by atoms with Gasteiger partial charge in [-0.1, -0.05) is 0 Å². The van der Waals surface area contributed by atoms with E-state index in [1.807, 2.05) is 0 Å². The van der Waals surface area contributed by atoms with E-state index in [1.54, 1.807) is 0 Å². The molecule has 0 aromatic heterocycles. The second-order valence-electron chi connectivity index (χ2n) is 5.15. The first-order valence-corrected chi connectivity index (χ1v) is 5.70. The maximum Gasteiger partial charge on any atom is 0.223 e. The van der Waals surface area contributed by atoms with Crippen LogP contribution in [0.5, 0.6) is 0 Å². The summed E-state index contributed by atoms with van der Waals surface area (Å²) in [4.78, 5) is 14.0. The van der Waals surface area contributed by atoms with Crippen LogP contribution in [0, 0.1) is 5.92 Å². The first-order valence-electron chi connectivity index (χ1n) is 5.70. The highest BCUT2D eigenvalue weighted by Crippen LogP contribution is 2.48. The average molecular weight is 195 g/mol. The smallest absolute Gasteiger partial charge is 0.223 e. The highest BCUT2D eigenvalue weighted by atomic mass is 16.3. The van der Waals surface area contributed by atoms with Gasteiger partial charge < -0.3 is 10.0 Å². The maximum absolute atomic E-state index is 11.8. The van der Waals surface area contributed by atoms with Gasteiger partial charge in [-0.25, -0.2) is 0 Å². The van der Waals surface area contributed by atoms with Crippen LogP contribution in [0.25, 0.3) is 0 Å². The number of hydrogen-bond donors (Lipinski definition) is 1. The molecule has 14 heavy (non-hydrogen) atoms. The number of aliphatic hydroxyl groups is 1. The second-order valence-corrected chi connectivity index (χ2v) is 5.15. The zero-order chi connectivity index (χ0) is 9.76. The van der Waals surface area contributed by atoms with Crippen molar-refractivity contribution in [3.05, 3.63) is 0 Å². The first kappa shape index (κ1) is 8.72. The Morgan fingerprint density at radius 2 is 2.29 bits per heavy atom. The molecule has 2 heterocycles. The van der Waals surface area contributed by atoms with E-state index >= 15 is 0 Å². The number of amides is 1. The van der Waals surface area contributed by atoms with Gasteiger partial charge in [0.25, 0.3) is 0 Å². The largest absolute Gasteiger partial charge is 0.393 e. The molecule has 1 N–H and O–H groups in total. The minimum Gasteiger partial charge on any atom is -0.393 e. The predicted octanol–water partition coefficient (Wildman–Crippen LogP) is 0.912. The zero-order valence-corrected chi connectivity index (χ0v) is 8.41. The van der Waals surface area contributed by atoms with E-state index in [9.17, 15) is 9.90 Å². The Bertz CT molecular complexity index is 278. The van der Waals surface area contributed by atoms with Gasteiger partial charge in [-0.05, 0) is 38.0 Å². The average Bonchev–Trinajstić information content (AvgIpc) is 2.57. The number of carbonyl (C=O) groups excluding carboxylic acids is 1. The van der Waals surface area contributed by atoms with Gasteiger partial charge in [-0.2, -0.15) is 0 Å². The summed E-state index contributed by atoms with van der Waals surface area (Å²) in [5, 5.41) is 9.78. The highest BCUT2D eigenvalue weighted by Gasteiger charge is 2.52. The Morgan fingerprint density at radius 1 is 1.43 bits per heavy atom. The molecule has 1 spiro atoms. The third-order valence-corrected chi connectivity index (χ3v) is 4.43. The molecule has 3 atom stereocenters. The molecule has 2 saturated heterocycles. The number of rotatable bonds is 0. The number of fused-ring (bicyclic) bond motifs is 1. The summed E-state index contributed by atoms with van der Waals surface area (Å²) in [6.07, 6.45) is 5.68. The highest BCUT2D eigenvalue weighted by molar-refractivity contribution is 5.79. The van der Waals surface area contributed by atoms with Crippen LogP contribution in [0.4, 0.5) is 0 Å². The lowest BCUT2D eigenvalue weighted by Gasteiger charge is -2.50. The number of aliphatic hydroxyl groups excluding tert-OH is 1. The lowest BCUT2D eigenvalue weighted by Crippen LogP contribution is -2.57. The Morgan fingerprint density at radius 3 is 3.14 bits per heavy atom. The minimum absolute atomic E-state index is 0.166. The third-order valence-electron chi connectivity index (χ3n) is 4.43. The van der Waals surface area contributed by atoms with Crippen LogP contribution < -0.4 is 0 Å². The number of carbonyl (C=O) groups is 1. The second kappa shape index (κ2) is 2.72. The van der Waals surface area contributed by atoms with Gasteiger partial charge >= 0.3 is 0 Å². The molecule has 0 aromatic carbocycles. The van der Waals surface area contributed by atoms with Crippen molar-refractivity contribution in [1.82, 2.24) is 4.90 Å². The molecule has 3 aliphatic rings. The van der Waals surface area contributed by atoms with Gasteiger partial charge in [0, 0.05) is 18.5 Å². The number of piperidine rings is 1. The van der Waals surface area contributed by atoms with Crippen molar-refractivity contribution in [3.8, 4) is 0 Å². The van der Waals surface area contributed by atoms with E-state index in [1.165, 1.54) is 6.42 Å². The van der Waals surface area contributed by atoms with Crippen molar-refractivity contribution in [3.63, 3.8) is 0 Å². The molecule has 1 aliphatic carbocycles. The Kier molecular flexibility index (Phi) is 1.69. The van der Waals surface area contributed by atoms with E-state index in [0.29, 0.717) is 6.42 Å². The van der Waals surface area contributed by atoms with Gasteiger partial charge in [0.05, 0.1) is 6.10 Å². The third kappa shape index (κ3) is 0.991. The van der Waals surface area contributed by atoms with Crippen molar-refractivity contribution in [2.75, 3.05) is 6.54 Å². The van der Waals surface area contributed by atoms with Crippen LogP contribution in [-0.4, -0.2) is 34.1 Å². The van der Waals surface area contributed by atoms with E-state index < -0.39 is 0 Å². The Balaban J connectivity index is 1.94. The number of hydrogen-bond acceptors (Lipinski definition) is 2. The number of nitrogens with zero attached hydrogens (tertiary/aromatic N) is 1. The molecular formula is C11H17NO2. The molecule has 3 rings (SSSR count). The van der Waals surface area contributed by atoms with Gasteiger partial charge in [-0.15, -0.1) is 0 Å². The molecule has 2 aliphatic heterocycles. The molecule has 0 unspecified atom stereocenters. The van der Waals surface area contributed by atoms with E-state index in [2.05, 4.69) is 4.90 Å². The van der Waals surface area contributed by atoms with Crippen molar-refractivity contribution >= 4 is 5.91 Å². The van der Waals surface area contributed by atoms with Crippen molar-refractivity contribution in [2.24, 2.45) is 5.92 Å². The zero-order valence-electron chi connectivity index (χ0n) is 8.41. The van der Waals surface area contributed by atoms with E-state index in [4.69, 9.17) is 0 Å². The standard InChI is InChI=1S/C11H17NO2/c13-9-2-4-11-3-1-5-12(11)10(14)6-8(9)7-11/h8-9,13H,1-7H2/t8-,9-,11-/m0/s1. The molecule has 78 valence electrons. The molecule has 0 aromatic rings. The molecule has 3 fully saturated rings. The summed E-state index contributed by atoms with van der Waals surface area (Å²) in [6, 6.07) is 0. The monoisotopic (exact) mass is 195 g/mol. The summed E-state index contributed by atoms with van der Waals surface area (Å²) in [7, 11) is 0. The maximum atomic E-state index is 11.8. The van der Waals surface area contributed by atoms with E-state index in [0.717, 1.165) is 32.2 Å². The lowest BCUT2D eigenvalue weighted by molar-refractivity contribution is -0.149. The summed E-state index contributed by atoms with van der Waals surface area (Å²) in [5.74, 6) is 0.545. The molecule has 0 radical (unpaired) electrons. The predicted molar refractivity (Wildman–Crippen MR) is 51.6 cm³/mol. The quantitative estimate of drug-likeness (QED) is 0.624. The van der Waals surface area contributed by atoms with Gasteiger partial charge in [0.15, 0.2) is 0 Å². The molecule has 1 saturated carbocycles. The fraction of sp³-hybridized carbons (Fsp3) is 0.909. The summed E-state index contributed by atoms with van der Waals surface area (Å²) < 4.78 is 0. The SMILES string of the molecule is O=C1C[C@H]2C[C@]3(CCCN13)CC[C@@H]2O. The van der Waals surface area contributed by atoms with Gasteiger partial charge in [0.2, 0.25) is 5.91 Å². The molecule has 2 bridgehead atoms. The summed E-state index contributed by atoms with van der Waals surface area (Å²) in [5.41, 5.74) is 0.166. The fourth-order valence-corrected chi connectivity index (χ4v) is 3.72. The lowest BCUT2D eigenvalue weighted by atomic mass is 9.69. The molecular weight excluding hydrogens is 178 g/mol. The van der Waals surface area contributed by atoms with Crippen LogP contribution >= 0.6 is 0 Å². The molecule has 3 nitrogen and oxygen atoms in total. The van der Waals surface area contributed by atoms with Crippen LogP contribution in [0.2, 0.25) is 0 Å². The van der Waals surface area contributed by atoms with Crippen LogP contribution in [0.15, 0.2) is 0 Å². The Hall–Kier alpha value is -0.570. The summed E-state index contributed by atoms with van der Waals surface area (Å²) >= 11 is 0. The van der Waals surface area contributed by atoms with Crippen LogP contribution in [-0.2, 0) is 4.79 Å².